The number of benzene rings is 2. The summed E-state index contributed by atoms with van der Waals surface area (Å²) in [5.74, 6) is -0.0566. The minimum absolute atomic E-state index is 0.0142. The Morgan fingerprint density at radius 3 is 2.75 bits per heavy atom. The maximum atomic E-state index is 13.9. The third kappa shape index (κ3) is 2.14. The number of hydrogen-bond donors (Lipinski definition) is 1. The molecule has 0 saturated heterocycles. The first-order valence-corrected chi connectivity index (χ1v) is 6.28. The minimum Gasteiger partial charge on any atom is -0.454 e. The number of pyridine rings is 1. The Morgan fingerprint density at radius 1 is 1.05 bits per heavy atom. The van der Waals surface area contributed by atoms with Crippen LogP contribution in [0.4, 0.5) is 10.1 Å². The number of ether oxygens (including phenoxy) is 1. The molecule has 20 heavy (non-hydrogen) atoms. The second-order valence-corrected chi connectivity index (χ2v) is 4.64. The van der Waals surface area contributed by atoms with Gasteiger partial charge in [-0.3, -0.25) is 4.98 Å². The van der Waals surface area contributed by atoms with Gasteiger partial charge in [0.05, 0.1) is 5.02 Å². The van der Waals surface area contributed by atoms with Crippen LogP contribution >= 0.6 is 11.6 Å². The molecule has 0 aliphatic heterocycles. The van der Waals surface area contributed by atoms with E-state index in [0.717, 1.165) is 5.39 Å². The predicted octanol–water partition coefficient (Wildman–Crippen LogP) is 4.40. The van der Waals surface area contributed by atoms with E-state index in [4.69, 9.17) is 22.1 Å². The lowest BCUT2D eigenvalue weighted by Gasteiger charge is -2.11. The van der Waals surface area contributed by atoms with Crippen LogP contribution in [0.5, 0.6) is 11.5 Å². The molecule has 2 aromatic carbocycles. The molecule has 0 atom stereocenters. The van der Waals surface area contributed by atoms with Crippen molar-refractivity contribution in [2.75, 3.05) is 5.73 Å². The lowest BCUT2D eigenvalue weighted by molar-refractivity contribution is 0.446. The van der Waals surface area contributed by atoms with E-state index >= 15 is 0 Å². The number of nitrogens with two attached hydrogens (primary N) is 1. The number of nitrogen functional groups attached to an aromatic ring is 1. The molecule has 0 bridgehead atoms. The summed E-state index contributed by atoms with van der Waals surface area (Å²) in [6.07, 6.45) is 3.27. The third-order valence-electron chi connectivity index (χ3n) is 2.95. The molecule has 3 rings (SSSR count). The van der Waals surface area contributed by atoms with Gasteiger partial charge in [-0.25, -0.2) is 4.39 Å². The highest BCUT2D eigenvalue weighted by Gasteiger charge is 2.11. The molecule has 0 unspecified atom stereocenters. The van der Waals surface area contributed by atoms with E-state index in [1.54, 1.807) is 36.7 Å². The highest BCUT2D eigenvalue weighted by Crippen LogP contribution is 2.34. The van der Waals surface area contributed by atoms with Crippen molar-refractivity contribution in [2.45, 2.75) is 0 Å². The molecular weight excluding hydrogens is 279 g/mol. The van der Waals surface area contributed by atoms with E-state index < -0.39 is 5.82 Å². The van der Waals surface area contributed by atoms with Crippen molar-refractivity contribution in [3.05, 3.63) is 59.6 Å². The Kier molecular flexibility index (Phi) is 3.16. The lowest BCUT2D eigenvalue weighted by Crippen LogP contribution is -1.93. The van der Waals surface area contributed by atoms with Crippen molar-refractivity contribution in [1.82, 2.24) is 4.98 Å². The average Bonchev–Trinajstić information content (AvgIpc) is 2.47. The molecular formula is C15H10ClFN2O. The van der Waals surface area contributed by atoms with Crippen LogP contribution in [0.3, 0.4) is 0 Å². The maximum absolute atomic E-state index is 13.9. The van der Waals surface area contributed by atoms with Gasteiger partial charge in [-0.05, 0) is 30.3 Å². The topological polar surface area (TPSA) is 48.1 Å². The first-order valence-electron chi connectivity index (χ1n) is 5.91. The fraction of sp³-hybridized carbons (Fsp3) is 0. The fourth-order valence-electron chi connectivity index (χ4n) is 1.96. The predicted molar refractivity (Wildman–Crippen MR) is 77.6 cm³/mol. The standard InChI is InChI=1S/C15H10ClFN2O/c16-11-2-1-3-14(15(11)17)20-13-5-4-12(18)9-6-7-19-8-10(9)13/h1-8H,18H2. The van der Waals surface area contributed by atoms with Crippen molar-refractivity contribution < 1.29 is 9.13 Å². The number of fused-ring (bicyclic) bond motifs is 1. The summed E-state index contributed by atoms with van der Waals surface area (Å²) >= 11 is 5.74. The second-order valence-electron chi connectivity index (χ2n) is 4.23. The first kappa shape index (κ1) is 12.7. The zero-order chi connectivity index (χ0) is 14.1. The number of anilines is 1. The zero-order valence-corrected chi connectivity index (χ0v) is 11.1. The van der Waals surface area contributed by atoms with Gasteiger partial charge in [0.15, 0.2) is 11.6 Å². The van der Waals surface area contributed by atoms with Gasteiger partial charge in [0, 0.05) is 28.9 Å². The van der Waals surface area contributed by atoms with Gasteiger partial charge in [-0.1, -0.05) is 17.7 Å². The molecule has 1 aromatic heterocycles. The Hall–Kier alpha value is -2.33. The van der Waals surface area contributed by atoms with Crippen molar-refractivity contribution in [1.29, 1.82) is 0 Å². The Morgan fingerprint density at radius 2 is 1.90 bits per heavy atom. The van der Waals surface area contributed by atoms with Gasteiger partial charge in [0.1, 0.15) is 5.75 Å². The summed E-state index contributed by atoms with van der Waals surface area (Å²) in [5.41, 5.74) is 6.51. The summed E-state index contributed by atoms with van der Waals surface area (Å²) in [5, 5.41) is 1.53. The third-order valence-corrected chi connectivity index (χ3v) is 3.24. The molecule has 0 radical (unpaired) electrons. The van der Waals surface area contributed by atoms with Crippen LogP contribution in [0, 0.1) is 5.82 Å². The number of aromatic nitrogens is 1. The van der Waals surface area contributed by atoms with Crippen LogP contribution in [0.1, 0.15) is 0 Å². The van der Waals surface area contributed by atoms with Crippen LogP contribution < -0.4 is 10.5 Å². The molecule has 3 aromatic rings. The smallest absolute Gasteiger partial charge is 0.184 e. The molecule has 0 amide bonds. The van der Waals surface area contributed by atoms with Gasteiger partial charge in [-0.15, -0.1) is 0 Å². The molecule has 0 spiro atoms. The number of hydrogen-bond acceptors (Lipinski definition) is 3. The van der Waals surface area contributed by atoms with E-state index in [-0.39, 0.29) is 10.8 Å². The minimum atomic E-state index is -0.594. The van der Waals surface area contributed by atoms with Gasteiger partial charge < -0.3 is 10.5 Å². The first-order chi connectivity index (χ1) is 9.66. The molecule has 0 fully saturated rings. The largest absolute Gasteiger partial charge is 0.454 e. The van der Waals surface area contributed by atoms with E-state index in [2.05, 4.69) is 4.98 Å². The average molecular weight is 289 g/mol. The molecule has 2 N–H and O–H groups in total. The van der Waals surface area contributed by atoms with Crippen LogP contribution in [0.15, 0.2) is 48.8 Å². The van der Waals surface area contributed by atoms with Crippen molar-refractivity contribution >= 4 is 28.1 Å². The molecule has 100 valence electrons. The summed E-state index contributed by atoms with van der Waals surface area (Å²) in [6, 6.07) is 9.77. The van der Waals surface area contributed by atoms with E-state index in [1.807, 2.05) is 0 Å². The summed E-state index contributed by atoms with van der Waals surface area (Å²) in [7, 11) is 0. The molecule has 0 aliphatic rings. The number of nitrogens with zero attached hydrogens (tertiary/aromatic N) is 1. The molecule has 5 heteroatoms. The Bertz CT molecular complexity index is 792. The molecule has 0 aliphatic carbocycles. The number of halogens is 2. The van der Waals surface area contributed by atoms with Crippen LogP contribution in [-0.2, 0) is 0 Å². The zero-order valence-electron chi connectivity index (χ0n) is 10.3. The van der Waals surface area contributed by atoms with Gasteiger partial charge in [0.25, 0.3) is 0 Å². The highest BCUT2D eigenvalue weighted by molar-refractivity contribution is 6.30. The molecule has 0 saturated carbocycles. The second kappa shape index (κ2) is 4.98. The van der Waals surface area contributed by atoms with Crippen molar-refractivity contribution in [3.8, 4) is 11.5 Å². The fourth-order valence-corrected chi connectivity index (χ4v) is 2.12. The maximum Gasteiger partial charge on any atom is 0.184 e. The quantitative estimate of drug-likeness (QED) is 0.711. The Balaban J connectivity index is 2.12. The van der Waals surface area contributed by atoms with E-state index in [9.17, 15) is 4.39 Å². The monoisotopic (exact) mass is 288 g/mol. The lowest BCUT2D eigenvalue weighted by atomic mass is 10.1. The van der Waals surface area contributed by atoms with E-state index in [1.165, 1.54) is 12.1 Å². The van der Waals surface area contributed by atoms with Gasteiger partial charge in [0.2, 0.25) is 0 Å². The normalized spacial score (nSPS) is 10.7. The van der Waals surface area contributed by atoms with E-state index in [0.29, 0.717) is 16.8 Å². The van der Waals surface area contributed by atoms with Crippen molar-refractivity contribution in [3.63, 3.8) is 0 Å². The molecule has 1 heterocycles. The summed E-state index contributed by atoms with van der Waals surface area (Å²) in [6.45, 7) is 0. The van der Waals surface area contributed by atoms with Crippen LogP contribution in [-0.4, -0.2) is 4.98 Å². The SMILES string of the molecule is Nc1ccc(Oc2cccc(Cl)c2F)c2cnccc12. The summed E-state index contributed by atoms with van der Waals surface area (Å²) < 4.78 is 19.5. The van der Waals surface area contributed by atoms with Gasteiger partial charge >= 0.3 is 0 Å². The van der Waals surface area contributed by atoms with Crippen molar-refractivity contribution in [2.24, 2.45) is 0 Å². The Labute approximate surface area is 119 Å². The number of rotatable bonds is 2. The van der Waals surface area contributed by atoms with Crippen LogP contribution in [0.25, 0.3) is 10.8 Å². The van der Waals surface area contributed by atoms with Crippen LogP contribution in [0.2, 0.25) is 5.02 Å². The highest BCUT2D eigenvalue weighted by atomic mass is 35.5. The molecule has 3 nitrogen and oxygen atoms in total. The van der Waals surface area contributed by atoms with Gasteiger partial charge in [-0.2, -0.15) is 0 Å². The summed E-state index contributed by atoms with van der Waals surface area (Å²) in [4.78, 5) is 4.04.